The molecular weight excluding hydrogens is 967 g/mol. The number of likely N-dealkylation sites (N-methyl/N-ethyl adjacent to an activating group) is 2. The van der Waals surface area contributed by atoms with Crippen molar-refractivity contribution in [2.75, 3.05) is 20.7 Å². The molecular formula is C54H75N9O12. The molecule has 21 heteroatoms. The van der Waals surface area contributed by atoms with Gasteiger partial charge in [-0.3, -0.25) is 43.7 Å². The summed E-state index contributed by atoms with van der Waals surface area (Å²) in [6.07, 6.45) is 3.36. The number of aliphatic hydroxyl groups excluding tert-OH is 1. The van der Waals surface area contributed by atoms with Crippen molar-refractivity contribution in [3.63, 3.8) is 0 Å². The Morgan fingerprint density at radius 1 is 0.800 bits per heavy atom. The monoisotopic (exact) mass is 1040 g/mol. The average Bonchev–Trinajstić information content (AvgIpc) is 4.16. The van der Waals surface area contributed by atoms with E-state index < -0.39 is 118 Å². The zero-order valence-electron chi connectivity index (χ0n) is 44.9. The van der Waals surface area contributed by atoms with Crippen LogP contribution in [0.2, 0.25) is 0 Å². The number of fused-ring (bicyclic) bond motifs is 3. The number of nitro benzene ring substituents is 1. The van der Waals surface area contributed by atoms with Gasteiger partial charge in [0.15, 0.2) is 5.75 Å². The Bertz CT molecular complexity index is 2680. The molecule has 4 heterocycles. The number of benzene rings is 2. The first-order valence-electron chi connectivity index (χ1n) is 25.8. The number of epoxide rings is 1. The standard InChI is InChI=1S/C54H75N9O12/c1-12-13-17-36-46(65)58-38(26-34-27-61(54(8,9)45-28-75-45)39-18-15-14-16-35(34)39)52(71)59(10)41(21-29(2)3)48(67)57-37(24-33-19-20-44(64)40(25-33)63(73)74)47(66)55-32(7)51(70)60(11)43-23-31(6)50(69)62(53(43)72)42(22-30(4)5)49(68)56-36/h12-16,18-20,25,27,29-32,36-38,41-43,45,50,64,69H,17,21-24,26,28H2,1-11H3,(H,55,66)(H,56,68)(H,57,67)(H,58,65)/b13-12+/t31-,32+,36+,37+,38+,41+,42+,43+,45-,50+/m1/s1. The molecule has 0 unspecified atom stereocenters. The molecule has 6 rings (SSSR count). The van der Waals surface area contributed by atoms with Gasteiger partial charge in [0.05, 0.1) is 17.1 Å². The van der Waals surface area contributed by atoms with Crippen molar-refractivity contribution < 1.29 is 53.4 Å². The van der Waals surface area contributed by atoms with Crippen LogP contribution in [0.5, 0.6) is 5.75 Å². The van der Waals surface area contributed by atoms with E-state index >= 15 is 4.79 Å². The average molecular weight is 1040 g/mol. The van der Waals surface area contributed by atoms with E-state index in [1.807, 2.05) is 72.0 Å². The Hall–Kier alpha value is -6.87. The largest absolute Gasteiger partial charge is 0.502 e. The van der Waals surface area contributed by atoms with Crippen molar-refractivity contribution in [1.29, 1.82) is 0 Å². The zero-order valence-corrected chi connectivity index (χ0v) is 44.9. The molecule has 3 aliphatic heterocycles. The number of aromatic nitrogens is 1. The van der Waals surface area contributed by atoms with Crippen molar-refractivity contribution >= 4 is 57.9 Å². The molecule has 75 heavy (non-hydrogen) atoms. The Morgan fingerprint density at radius 2 is 1.40 bits per heavy atom. The molecule has 3 saturated heterocycles. The van der Waals surface area contributed by atoms with Crippen LogP contribution in [-0.2, 0) is 56.7 Å². The van der Waals surface area contributed by atoms with Gasteiger partial charge < -0.3 is 55.5 Å². The topological polar surface area (TPSA) is 278 Å². The second kappa shape index (κ2) is 23.8. The number of aromatic hydroxyl groups is 1. The van der Waals surface area contributed by atoms with E-state index in [-0.39, 0.29) is 62.0 Å². The van der Waals surface area contributed by atoms with Crippen LogP contribution < -0.4 is 21.3 Å². The number of aliphatic hydroxyl groups is 1. The van der Waals surface area contributed by atoms with Gasteiger partial charge in [-0.15, -0.1) is 0 Å². The number of phenolic OH excluding ortho intramolecular Hbond substituents is 1. The second-order valence-electron chi connectivity index (χ2n) is 21.8. The summed E-state index contributed by atoms with van der Waals surface area (Å²) in [7, 11) is 2.79. The Kier molecular flexibility index (Phi) is 18.2. The molecule has 0 radical (unpaired) electrons. The third kappa shape index (κ3) is 13.0. The van der Waals surface area contributed by atoms with Crippen LogP contribution in [0.15, 0.2) is 60.8 Å². The van der Waals surface area contributed by atoms with Gasteiger partial charge in [-0.2, -0.15) is 0 Å². The number of rotatable bonds is 13. The lowest BCUT2D eigenvalue weighted by Gasteiger charge is -2.46. The Labute approximate surface area is 437 Å². The van der Waals surface area contributed by atoms with Gasteiger partial charge in [-0.05, 0) is 88.5 Å². The molecule has 21 nitrogen and oxygen atoms in total. The van der Waals surface area contributed by atoms with Gasteiger partial charge in [-0.1, -0.05) is 71.0 Å². The van der Waals surface area contributed by atoms with Gasteiger partial charge in [0.2, 0.25) is 41.4 Å². The molecule has 2 aromatic carbocycles. The number of amides is 7. The van der Waals surface area contributed by atoms with Crippen LogP contribution in [0.1, 0.15) is 99.1 Å². The van der Waals surface area contributed by atoms with Gasteiger partial charge >= 0.3 is 5.69 Å². The van der Waals surface area contributed by atoms with Crippen molar-refractivity contribution in [2.24, 2.45) is 17.8 Å². The van der Waals surface area contributed by atoms with Crippen LogP contribution >= 0.6 is 0 Å². The van der Waals surface area contributed by atoms with E-state index in [1.165, 1.54) is 32.0 Å². The van der Waals surface area contributed by atoms with E-state index in [1.54, 1.807) is 26.0 Å². The maximum Gasteiger partial charge on any atom is 0.310 e. The lowest BCUT2D eigenvalue weighted by atomic mass is 9.89. The fraction of sp³-hybridized carbons (Fsp3) is 0.574. The van der Waals surface area contributed by atoms with Gasteiger partial charge in [0.1, 0.15) is 54.6 Å². The number of ether oxygens (including phenoxy) is 1. The Morgan fingerprint density at radius 3 is 2.03 bits per heavy atom. The molecule has 6 N–H and O–H groups in total. The fourth-order valence-corrected chi connectivity index (χ4v) is 10.2. The molecule has 2 bridgehead atoms. The maximum atomic E-state index is 15.4. The van der Waals surface area contributed by atoms with Crippen molar-refractivity contribution in [3.8, 4) is 5.75 Å². The van der Waals surface area contributed by atoms with E-state index in [0.29, 0.717) is 12.2 Å². The third-order valence-electron chi connectivity index (χ3n) is 14.7. The normalized spacial score (nSPS) is 27.1. The number of para-hydroxylation sites is 1. The molecule has 7 amide bonds. The molecule has 408 valence electrons. The molecule has 3 aromatic rings. The van der Waals surface area contributed by atoms with E-state index in [4.69, 9.17) is 4.74 Å². The second-order valence-corrected chi connectivity index (χ2v) is 21.8. The molecule has 1 aromatic heterocycles. The summed E-state index contributed by atoms with van der Waals surface area (Å²) >= 11 is 0. The number of nitro groups is 1. The van der Waals surface area contributed by atoms with E-state index in [9.17, 15) is 49.1 Å². The summed E-state index contributed by atoms with van der Waals surface area (Å²) in [6.45, 7) is 16.8. The number of allylic oxidation sites excluding steroid dienone is 1. The summed E-state index contributed by atoms with van der Waals surface area (Å²) < 4.78 is 7.84. The van der Waals surface area contributed by atoms with Crippen LogP contribution in [0.4, 0.5) is 5.69 Å². The number of nitrogens with zero attached hydrogens (tertiary/aromatic N) is 5. The van der Waals surface area contributed by atoms with Gasteiger partial charge in [0.25, 0.3) is 0 Å². The van der Waals surface area contributed by atoms with Crippen LogP contribution in [0, 0.1) is 27.9 Å². The Balaban J connectivity index is 1.51. The highest BCUT2D eigenvalue weighted by molar-refractivity contribution is 5.99. The number of piperidine rings is 1. The number of carbonyl (C=O) groups is 7. The smallest absolute Gasteiger partial charge is 0.310 e. The van der Waals surface area contributed by atoms with Crippen molar-refractivity contribution in [1.82, 2.24) is 40.5 Å². The molecule has 10 atom stereocenters. The first-order chi connectivity index (χ1) is 35.3. The fourth-order valence-electron chi connectivity index (χ4n) is 10.2. The maximum absolute atomic E-state index is 15.4. The van der Waals surface area contributed by atoms with Crippen molar-refractivity contribution in [3.05, 3.63) is 82.1 Å². The van der Waals surface area contributed by atoms with Gasteiger partial charge in [0, 0.05) is 56.0 Å². The summed E-state index contributed by atoms with van der Waals surface area (Å²) in [5, 5.41) is 45.9. The highest BCUT2D eigenvalue weighted by Gasteiger charge is 2.48. The van der Waals surface area contributed by atoms with Gasteiger partial charge in [-0.25, -0.2) is 0 Å². The quantitative estimate of drug-likeness (QED) is 0.0622. The number of nitrogens with one attached hydrogen (secondary N) is 4. The van der Waals surface area contributed by atoms with Crippen LogP contribution in [0.25, 0.3) is 10.9 Å². The summed E-state index contributed by atoms with van der Waals surface area (Å²) in [5.74, 6) is -7.06. The van der Waals surface area contributed by atoms with E-state index in [0.717, 1.165) is 32.8 Å². The number of hydrogen-bond donors (Lipinski definition) is 6. The third-order valence-corrected chi connectivity index (χ3v) is 14.7. The summed E-state index contributed by atoms with van der Waals surface area (Å²) in [4.78, 5) is 118. The lowest BCUT2D eigenvalue weighted by Crippen LogP contribution is -2.66. The minimum atomic E-state index is -1.53. The van der Waals surface area contributed by atoms with E-state index in [2.05, 4.69) is 25.8 Å². The van der Waals surface area contributed by atoms with Crippen molar-refractivity contribution in [2.45, 2.75) is 161 Å². The SMILES string of the molecule is C/C=C/C[C@@H]1NC(=O)[C@H](CC(C)C)N2C(=O)[C@H](C[C@@H](C)[C@@H]2O)N(C)C(=O)[C@H](C)NC(=O)[C@H](Cc2ccc(O)c([N+](=O)[O-])c2)NC(=O)[C@H](CC(C)C)N(C)C(=O)[C@H](Cc2cn(C(C)(C)[C@H]3CO3)c3ccccc23)NC1=O. The minimum Gasteiger partial charge on any atom is -0.502 e. The molecule has 0 saturated carbocycles. The lowest BCUT2D eigenvalue weighted by molar-refractivity contribution is -0.385. The number of carbonyl (C=O) groups excluding carboxylic acids is 7. The molecule has 3 aliphatic rings. The number of phenols is 1. The highest BCUT2D eigenvalue weighted by Crippen LogP contribution is 2.37. The predicted molar refractivity (Wildman–Crippen MR) is 278 cm³/mol. The molecule has 0 aliphatic carbocycles. The molecule has 0 spiro atoms. The first kappa shape index (κ1) is 57.4. The van der Waals surface area contributed by atoms with Crippen LogP contribution in [0.3, 0.4) is 0 Å². The highest BCUT2D eigenvalue weighted by atomic mass is 16.6. The minimum absolute atomic E-state index is 0.00916. The number of hydrogen-bond acceptors (Lipinski definition) is 12. The summed E-state index contributed by atoms with van der Waals surface area (Å²) in [6, 6.07) is 1.75. The van der Waals surface area contributed by atoms with Crippen LogP contribution in [-0.4, -0.2) is 151 Å². The first-order valence-corrected chi connectivity index (χ1v) is 25.8. The zero-order chi connectivity index (χ0) is 55.4. The summed E-state index contributed by atoms with van der Waals surface area (Å²) in [5.41, 5.74) is 0.535. The predicted octanol–water partition coefficient (Wildman–Crippen LogP) is 3.41. The molecule has 3 fully saturated rings.